The lowest BCUT2D eigenvalue weighted by Crippen LogP contribution is -2.13. The number of methoxy groups -OCH3 is 1. The number of carbonyl (C=O) groups is 1. The van der Waals surface area contributed by atoms with Gasteiger partial charge in [-0.05, 0) is 88.7 Å². The third-order valence-corrected chi connectivity index (χ3v) is 6.59. The van der Waals surface area contributed by atoms with Crippen LogP contribution in [-0.4, -0.2) is 13.0 Å². The lowest BCUT2D eigenvalue weighted by atomic mass is 10.1. The number of rotatable bonds is 10. The van der Waals surface area contributed by atoms with Gasteiger partial charge in [-0.25, -0.2) is 0 Å². The van der Waals surface area contributed by atoms with Crippen molar-refractivity contribution < 1.29 is 19.0 Å². The van der Waals surface area contributed by atoms with Gasteiger partial charge in [-0.1, -0.05) is 60.2 Å². The van der Waals surface area contributed by atoms with Crippen molar-refractivity contribution in [2.45, 2.75) is 20.1 Å². The number of carbonyl (C=O) groups excluding carboxylic acids is 1. The van der Waals surface area contributed by atoms with Gasteiger partial charge >= 0.3 is 0 Å². The molecule has 4 aromatic rings. The van der Waals surface area contributed by atoms with Crippen molar-refractivity contribution in [1.29, 1.82) is 5.26 Å². The molecule has 0 bridgehead atoms. The molecule has 0 atom stereocenters. The fourth-order valence-electron chi connectivity index (χ4n) is 3.69. The summed E-state index contributed by atoms with van der Waals surface area (Å²) in [6, 6.07) is 30.6. The second-order valence-corrected chi connectivity index (χ2v) is 9.89. The standard InChI is InChI=1S/C32H27IN2O4/c1-22-8-10-24(11-9-22)20-38-28-14-12-27(13-15-28)35-32(36)26(19-34)16-25-17-29(33)31(30(18-25)37-2)39-21-23-6-4-3-5-7-23/h3-18H,20-21H2,1-2H3,(H,35,36)/b26-16+. The first-order chi connectivity index (χ1) is 18.9. The molecule has 196 valence electrons. The summed E-state index contributed by atoms with van der Waals surface area (Å²) in [5.41, 5.74) is 4.47. The maximum atomic E-state index is 12.8. The van der Waals surface area contributed by atoms with E-state index in [9.17, 15) is 10.1 Å². The number of anilines is 1. The zero-order valence-corrected chi connectivity index (χ0v) is 23.8. The number of hydrogen-bond donors (Lipinski definition) is 1. The minimum absolute atomic E-state index is 0.0366. The average molecular weight is 630 g/mol. The van der Waals surface area contributed by atoms with E-state index in [0.717, 1.165) is 14.7 Å². The van der Waals surface area contributed by atoms with E-state index >= 15 is 0 Å². The van der Waals surface area contributed by atoms with Gasteiger partial charge in [-0.2, -0.15) is 5.26 Å². The predicted octanol–water partition coefficient (Wildman–Crippen LogP) is 7.31. The second-order valence-electron chi connectivity index (χ2n) is 8.73. The molecule has 1 amide bonds. The SMILES string of the molecule is COc1cc(/C=C(\C#N)C(=O)Nc2ccc(OCc3ccc(C)cc3)cc2)cc(I)c1OCc1ccccc1. The molecule has 6 nitrogen and oxygen atoms in total. The van der Waals surface area contributed by atoms with Crippen molar-refractivity contribution in [3.05, 3.63) is 122 Å². The summed E-state index contributed by atoms with van der Waals surface area (Å²) in [5.74, 6) is 1.29. The first-order valence-corrected chi connectivity index (χ1v) is 13.3. The van der Waals surface area contributed by atoms with Crippen molar-refractivity contribution >= 4 is 40.3 Å². The van der Waals surface area contributed by atoms with Crippen LogP contribution in [0.2, 0.25) is 0 Å². The predicted molar refractivity (Wildman–Crippen MR) is 161 cm³/mol. The minimum Gasteiger partial charge on any atom is -0.493 e. The molecule has 0 aliphatic carbocycles. The molecule has 0 aliphatic rings. The van der Waals surface area contributed by atoms with Gasteiger partial charge in [0.15, 0.2) is 11.5 Å². The molecule has 4 aromatic carbocycles. The molecule has 1 N–H and O–H groups in total. The van der Waals surface area contributed by atoms with Crippen LogP contribution in [0, 0.1) is 21.8 Å². The van der Waals surface area contributed by atoms with E-state index in [1.165, 1.54) is 11.6 Å². The molecule has 0 heterocycles. The van der Waals surface area contributed by atoms with Crippen molar-refractivity contribution in [2.24, 2.45) is 0 Å². The Morgan fingerprint density at radius 3 is 2.26 bits per heavy atom. The summed E-state index contributed by atoms with van der Waals surface area (Å²) in [7, 11) is 1.56. The third kappa shape index (κ3) is 7.85. The number of nitriles is 1. The first-order valence-electron chi connectivity index (χ1n) is 12.2. The van der Waals surface area contributed by atoms with Crippen molar-refractivity contribution in [3.63, 3.8) is 0 Å². The molecule has 4 rings (SSSR count). The highest BCUT2D eigenvalue weighted by Gasteiger charge is 2.14. The molecular formula is C32H27IN2O4. The summed E-state index contributed by atoms with van der Waals surface area (Å²) in [4.78, 5) is 12.8. The monoisotopic (exact) mass is 630 g/mol. The number of aryl methyl sites for hydroxylation is 1. The highest BCUT2D eigenvalue weighted by Crippen LogP contribution is 2.35. The van der Waals surface area contributed by atoms with Gasteiger partial charge in [-0.3, -0.25) is 4.79 Å². The molecule has 39 heavy (non-hydrogen) atoms. The van der Waals surface area contributed by atoms with Crippen LogP contribution in [0.25, 0.3) is 6.08 Å². The Morgan fingerprint density at radius 2 is 1.59 bits per heavy atom. The van der Waals surface area contributed by atoms with Gasteiger partial charge in [0, 0.05) is 5.69 Å². The summed E-state index contributed by atoms with van der Waals surface area (Å²) < 4.78 is 18.2. The van der Waals surface area contributed by atoms with Crippen molar-refractivity contribution in [3.8, 4) is 23.3 Å². The number of halogens is 1. The topological polar surface area (TPSA) is 80.6 Å². The second kappa shape index (κ2) is 13.5. The van der Waals surface area contributed by atoms with Gasteiger partial charge in [0.25, 0.3) is 5.91 Å². The van der Waals surface area contributed by atoms with E-state index in [2.05, 4.69) is 27.9 Å². The number of nitrogens with zero attached hydrogens (tertiary/aromatic N) is 1. The summed E-state index contributed by atoms with van der Waals surface area (Å²) in [6.45, 7) is 2.89. The summed E-state index contributed by atoms with van der Waals surface area (Å²) in [5, 5.41) is 12.4. The number of ether oxygens (including phenoxy) is 3. The first kappa shape index (κ1) is 27.7. The number of benzene rings is 4. The van der Waals surface area contributed by atoms with E-state index in [-0.39, 0.29) is 5.57 Å². The number of nitrogens with one attached hydrogen (secondary N) is 1. The maximum Gasteiger partial charge on any atom is 0.266 e. The number of hydrogen-bond acceptors (Lipinski definition) is 5. The van der Waals surface area contributed by atoms with E-state index in [4.69, 9.17) is 14.2 Å². The Kier molecular flexibility index (Phi) is 9.59. The molecule has 0 fully saturated rings. The number of amides is 1. The van der Waals surface area contributed by atoms with Gasteiger partial charge in [0.1, 0.15) is 30.6 Å². The molecular weight excluding hydrogens is 603 g/mol. The molecule has 0 unspecified atom stereocenters. The molecule has 0 saturated carbocycles. The van der Waals surface area contributed by atoms with E-state index in [0.29, 0.717) is 41.7 Å². The van der Waals surface area contributed by atoms with Gasteiger partial charge in [0.05, 0.1) is 10.7 Å². The van der Waals surface area contributed by atoms with Crippen LogP contribution < -0.4 is 19.5 Å². The van der Waals surface area contributed by atoms with E-state index in [1.807, 2.05) is 73.7 Å². The average Bonchev–Trinajstić information content (AvgIpc) is 2.96. The third-order valence-electron chi connectivity index (χ3n) is 5.79. The Labute approximate surface area is 242 Å². The summed E-state index contributed by atoms with van der Waals surface area (Å²) >= 11 is 2.16. The van der Waals surface area contributed by atoms with E-state index < -0.39 is 5.91 Å². The van der Waals surface area contributed by atoms with Crippen LogP contribution in [0.3, 0.4) is 0 Å². The fraction of sp³-hybridized carbons (Fsp3) is 0.125. The van der Waals surface area contributed by atoms with Crippen LogP contribution >= 0.6 is 22.6 Å². The van der Waals surface area contributed by atoms with Crippen LogP contribution in [0.1, 0.15) is 22.3 Å². The van der Waals surface area contributed by atoms with Crippen LogP contribution in [0.15, 0.2) is 96.6 Å². The van der Waals surface area contributed by atoms with Crippen molar-refractivity contribution in [1.82, 2.24) is 0 Å². The Bertz CT molecular complexity index is 1490. The molecule has 0 spiro atoms. The highest BCUT2D eigenvalue weighted by molar-refractivity contribution is 14.1. The van der Waals surface area contributed by atoms with Gasteiger partial charge in [0.2, 0.25) is 0 Å². The lowest BCUT2D eigenvalue weighted by Gasteiger charge is -2.14. The molecule has 0 radical (unpaired) electrons. The van der Waals surface area contributed by atoms with Crippen LogP contribution in [-0.2, 0) is 18.0 Å². The smallest absolute Gasteiger partial charge is 0.266 e. The van der Waals surface area contributed by atoms with E-state index in [1.54, 1.807) is 37.4 Å². The zero-order chi connectivity index (χ0) is 27.6. The van der Waals surface area contributed by atoms with Gasteiger partial charge < -0.3 is 19.5 Å². The lowest BCUT2D eigenvalue weighted by molar-refractivity contribution is -0.112. The molecule has 0 saturated heterocycles. The quantitative estimate of drug-likeness (QED) is 0.113. The molecule has 0 aromatic heterocycles. The molecule has 7 heteroatoms. The largest absolute Gasteiger partial charge is 0.493 e. The van der Waals surface area contributed by atoms with Crippen LogP contribution in [0.4, 0.5) is 5.69 Å². The van der Waals surface area contributed by atoms with Crippen LogP contribution in [0.5, 0.6) is 17.2 Å². The highest BCUT2D eigenvalue weighted by atomic mass is 127. The Hall–Kier alpha value is -4.29. The normalized spacial score (nSPS) is 10.9. The fourth-order valence-corrected chi connectivity index (χ4v) is 4.47. The Balaban J connectivity index is 1.41. The Morgan fingerprint density at radius 1 is 0.923 bits per heavy atom. The van der Waals surface area contributed by atoms with Gasteiger partial charge in [-0.15, -0.1) is 0 Å². The molecule has 0 aliphatic heterocycles. The van der Waals surface area contributed by atoms with Crippen molar-refractivity contribution in [2.75, 3.05) is 12.4 Å². The zero-order valence-electron chi connectivity index (χ0n) is 21.6. The minimum atomic E-state index is -0.510. The summed E-state index contributed by atoms with van der Waals surface area (Å²) in [6.07, 6.45) is 1.53. The maximum absolute atomic E-state index is 12.8.